The standard InChI is InChI=1S/C24H22N4O/c1-28-17-20(21-15-26-23(27-16-21)19-10-6-3-7-11-19)14-22(28)24(29)25-13-12-18-8-4-2-5-9-18/h2-11,14-17H,12-13H2,1H3,(H,25,29). The van der Waals surface area contributed by atoms with Gasteiger partial charge in [0, 0.05) is 48.9 Å². The van der Waals surface area contributed by atoms with Crippen molar-refractivity contribution in [3.8, 4) is 22.5 Å². The Morgan fingerprint density at radius 3 is 2.24 bits per heavy atom. The van der Waals surface area contributed by atoms with Crippen LogP contribution in [0.2, 0.25) is 0 Å². The Hall–Kier alpha value is -3.73. The van der Waals surface area contributed by atoms with Crippen molar-refractivity contribution in [2.24, 2.45) is 7.05 Å². The van der Waals surface area contributed by atoms with E-state index >= 15 is 0 Å². The van der Waals surface area contributed by atoms with E-state index in [2.05, 4.69) is 27.4 Å². The molecule has 1 N–H and O–H groups in total. The Balaban J connectivity index is 1.44. The summed E-state index contributed by atoms with van der Waals surface area (Å²) in [5.74, 6) is 0.598. The summed E-state index contributed by atoms with van der Waals surface area (Å²) in [5, 5.41) is 2.99. The molecule has 0 spiro atoms. The van der Waals surface area contributed by atoms with Gasteiger partial charge in [-0.05, 0) is 18.1 Å². The number of aryl methyl sites for hydroxylation is 1. The van der Waals surface area contributed by atoms with Crippen LogP contribution >= 0.6 is 0 Å². The van der Waals surface area contributed by atoms with Gasteiger partial charge >= 0.3 is 0 Å². The molecule has 2 aromatic carbocycles. The minimum atomic E-state index is -0.0866. The zero-order valence-electron chi connectivity index (χ0n) is 16.2. The first-order valence-electron chi connectivity index (χ1n) is 9.57. The van der Waals surface area contributed by atoms with Crippen molar-refractivity contribution >= 4 is 5.91 Å². The van der Waals surface area contributed by atoms with Crippen LogP contribution in [0.5, 0.6) is 0 Å². The van der Waals surface area contributed by atoms with Crippen LogP contribution < -0.4 is 5.32 Å². The lowest BCUT2D eigenvalue weighted by atomic mass is 10.1. The molecular weight excluding hydrogens is 360 g/mol. The van der Waals surface area contributed by atoms with Crippen LogP contribution in [0.25, 0.3) is 22.5 Å². The van der Waals surface area contributed by atoms with Crippen LogP contribution in [0.15, 0.2) is 85.3 Å². The summed E-state index contributed by atoms with van der Waals surface area (Å²) in [6.07, 6.45) is 6.31. The maximum Gasteiger partial charge on any atom is 0.267 e. The number of benzene rings is 2. The molecule has 0 fully saturated rings. The van der Waals surface area contributed by atoms with Crippen LogP contribution in [0.4, 0.5) is 0 Å². The zero-order chi connectivity index (χ0) is 20.1. The first kappa shape index (κ1) is 18.6. The SMILES string of the molecule is Cn1cc(-c2cnc(-c3ccccc3)nc2)cc1C(=O)NCCc1ccccc1. The summed E-state index contributed by atoms with van der Waals surface area (Å²) in [5.41, 5.74) is 4.59. The summed E-state index contributed by atoms with van der Waals surface area (Å²) in [6.45, 7) is 0.595. The second kappa shape index (κ2) is 8.52. The van der Waals surface area contributed by atoms with Crippen molar-refractivity contribution in [1.82, 2.24) is 19.9 Å². The van der Waals surface area contributed by atoms with Gasteiger partial charge in [-0.3, -0.25) is 4.79 Å². The van der Waals surface area contributed by atoms with Gasteiger partial charge in [0.05, 0.1) is 0 Å². The second-order valence-electron chi connectivity index (χ2n) is 6.88. The molecule has 5 nitrogen and oxygen atoms in total. The number of nitrogens with zero attached hydrogens (tertiary/aromatic N) is 3. The van der Waals surface area contributed by atoms with Crippen LogP contribution in [-0.4, -0.2) is 27.0 Å². The van der Waals surface area contributed by atoms with Crippen LogP contribution in [0.1, 0.15) is 16.1 Å². The summed E-state index contributed by atoms with van der Waals surface area (Å²) in [4.78, 5) is 21.5. The molecule has 4 rings (SSSR count). The minimum absolute atomic E-state index is 0.0866. The number of carbonyl (C=O) groups is 1. The van der Waals surface area contributed by atoms with E-state index < -0.39 is 0 Å². The molecule has 29 heavy (non-hydrogen) atoms. The number of rotatable bonds is 6. The Morgan fingerprint density at radius 1 is 0.897 bits per heavy atom. The molecule has 2 aromatic heterocycles. The highest BCUT2D eigenvalue weighted by atomic mass is 16.1. The molecule has 2 heterocycles. The van der Waals surface area contributed by atoms with Gasteiger partial charge in [-0.1, -0.05) is 60.7 Å². The van der Waals surface area contributed by atoms with Gasteiger partial charge in [0.2, 0.25) is 0 Å². The van der Waals surface area contributed by atoms with Gasteiger partial charge in [0.25, 0.3) is 5.91 Å². The lowest BCUT2D eigenvalue weighted by molar-refractivity contribution is 0.0946. The number of aromatic nitrogens is 3. The van der Waals surface area contributed by atoms with E-state index in [-0.39, 0.29) is 5.91 Å². The maximum atomic E-state index is 12.6. The average molecular weight is 382 g/mol. The van der Waals surface area contributed by atoms with Crippen molar-refractivity contribution in [3.63, 3.8) is 0 Å². The molecule has 0 saturated carbocycles. The highest BCUT2D eigenvalue weighted by Crippen LogP contribution is 2.22. The van der Waals surface area contributed by atoms with E-state index in [9.17, 15) is 4.79 Å². The van der Waals surface area contributed by atoms with Crippen LogP contribution in [-0.2, 0) is 13.5 Å². The normalized spacial score (nSPS) is 10.7. The highest BCUT2D eigenvalue weighted by Gasteiger charge is 2.13. The Bertz CT molecular complexity index is 1090. The van der Waals surface area contributed by atoms with Gasteiger partial charge < -0.3 is 9.88 Å². The molecule has 0 atom stereocenters. The molecule has 1 amide bonds. The third-order valence-corrected chi connectivity index (χ3v) is 4.80. The fourth-order valence-electron chi connectivity index (χ4n) is 3.22. The Morgan fingerprint density at radius 2 is 1.55 bits per heavy atom. The first-order chi connectivity index (χ1) is 14.2. The fourth-order valence-corrected chi connectivity index (χ4v) is 3.22. The predicted molar refractivity (Wildman–Crippen MR) is 114 cm³/mol. The number of hydrogen-bond donors (Lipinski definition) is 1. The largest absolute Gasteiger partial charge is 0.350 e. The quantitative estimate of drug-likeness (QED) is 0.546. The number of hydrogen-bond acceptors (Lipinski definition) is 3. The summed E-state index contributed by atoms with van der Waals surface area (Å²) < 4.78 is 1.83. The van der Waals surface area contributed by atoms with E-state index in [0.29, 0.717) is 18.1 Å². The molecule has 0 bridgehead atoms. The molecule has 144 valence electrons. The molecule has 5 heteroatoms. The first-order valence-corrected chi connectivity index (χ1v) is 9.57. The van der Waals surface area contributed by atoms with Crippen LogP contribution in [0, 0.1) is 0 Å². The molecule has 0 saturated heterocycles. The number of amides is 1. The average Bonchev–Trinajstić information content (AvgIpc) is 3.17. The molecule has 4 aromatic rings. The van der Waals surface area contributed by atoms with E-state index in [1.54, 1.807) is 12.4 Å². The van der Waals surface area contributed by atoms with Gasteiger partial charge in [-0.2, -0.15) is 0 Å². The van der Waals surface area contributed by atoms with Gasteiger partial charge in [0.1, 0.15) is 5.69 Å². The topological polar surface area (TPSA) is 59.8 Å². The van der Waals surface area contributed by atoms with E-state index in [1.165, 1.54) is 5.56 Å². The van der Waals surface area contributed by atoms with Gasteiger partial charge in [-0.15, -0.1) is 0 Å². The maximum absolute atomic E-state index is 12.6. The minimum Gasteiger partial charge on any atom is -0.350 e. The second-order valence-corrected chi connectivity index (χ2v) is 6.88. The third kappa shape index (κ3) is 4.41. The van der Waals surface area contributed by atoms with E-state index in [4.69, 9.17) is 0 Å². The van der Waals surface area contributed by atoms with Gasteiger partial charge in [0.15, 0.2) is 5.82 Å². The molecule has 0 unspecified atom stereocenters. The summed E-state index contributed by atoms with van der Waals surface area (Å²) in [7, 11) is 1.87. The number of nitrogens with one attached hydrogen (secondary N) is 1. The molecule has 0 aliphatic rings. The fraction of sp³-hybridized carbons (Fsp3) is 0.125. The van der Waals surface area contributed by atoms with Crippen molar-refractivity contribution in [1.29, 1.82) is 0 Å². The van der Waals surface area contributed by atoms with Crippen LogP contribution in [0.3, 0.4) is 0 Å². The van der Waals surface area contributed by atoms with Crippen molar-refractivity contribution in [2.75, 3.05) is 6.54 Å². The highest BCUT2D eigenvalue weighted by molar-refractivity contribution is 5.94. The smallest absolute Gasteiger partial charge is 0.267 e. The summed E-state index contributed by atoms with van der Waals surface area (Å²) >= 11 is 0. The monoisotopic (exact) mass is 382 g/mol. The summed E-state index contributed by atoms with van der Waals surface area (Å²) in [6, 6.07) is 21.9. The molecule has 0 radical (unpaired) electrons. The molecular formula is C24H22N4O. The van der Waals surface area contributed by atoms with Crippen molar-refractivity contribution in [2.45, 2.75) is 6.42 Å². The number of carbonyl (C=O) groups excluding carboxylic acids is 1. The van der Waals surface area contributed by atoms with Crippen molar-refractivity contribution in [3.05, 3.63) is 96.6 Å². The van der Waals surface area contributed by atoms with Crippen molar-refractivity contribution < 1.29 is 4.79 Å². The van der Waals surface area contributed by atoms with Gasteiger partial charge in [-0.25, -0.2) is 9.97 Å². The predicted octanol–water partition coefficient (Wildman–Crippen LogP) is 4.12. The zero-order valence-corrected chi connectivity index (χ0v) is 16.2. The molecule has 0 aliphatic carbocycles. The molecule has 0 aliphatic heterocycles. The lowest BCUT2D eigenvalue weighted by Gasteiger charge is -2.06. The van der Waals surface area contributed by atoms with E-state index in [1.807, 2.05) is 72.4 Å². The Kier molecular flexibility index (Phi) is 5.47. The Labute approximate surface area is 170 Å². The van der Waals surface area contributed by atoms with E-state index in [0.717, 1.165) is 23.1 Å². The third-order valence-electron chi connectivity index (χ3n) is 4.80. The lowest BCUT2D eigenvalue weighted by Crippen LogP contribution is -2.27.